The van der Waals surface area contributed by atoms with E-state index < -0.39 is 0 Å². The van der Waals surface area contributed by atoms with Gasteiger partial charge in [0.15, 0.2) is 0 Å². The Bertz CT molecular complexity index is 390. The van der Waals surface area contributed by atoms with Gasteiger partial charge in [0.05, 0.1) is 0 Å². The topological polar surface area (TPSA) is 4.93 Å². The van der Waals surface area contributed by atoms with Gasteiger partial charge in [-0.25, -0.2) is 0 Å². The molecule has 0 fully saturated rings. The summed E-state index contributed by atoms with van der Waals surface area (Å²) in [5.41, 5.74) is 1.27. The molecule has 1 nitrogen and oxygen atoms in total. The molecule has 2 aromatic rings. The van der Waals surface area contributed by atoms with Crippen LogP contribution in [0.4, 0.5) is 0 Å². The molecular weight excluding hydrogens is 330 g/mol. The van der Waals surface area contributed by atoms with Gasteiger partial charge in [0.1, 0.15) is 0 Å². The van der Waals surface area contributed by atoms with Gasteiger partial charge in [0.25, 0.3) is 0 Å². The maximum Gasteiger partial charge on any atom is 0.0160 e. The predicted octanol–water partition coefficient (Wildman–Crippen LogP) is 3.02. The first-order valence-electron chi connectivity index (χ1n) is 4.25. The molecule has 0 aliphatic rings. The molecule has 1 aromatic heterocycles. The van der Waals surface area contributed by atoms with E-state index in [1.54, 1.807) is 0 Å². The van der Waals surface area contributed by atoms with Crippen LogP contribution in [0.2, 0.25) is 0 Å². The van der Waals surface area contributed by atoms with Crippen molar-refractivity contribution in [1.82, 2.24) is 4.57 Å². The number of aromatic nitrogens is 1. The molecule has 0 aliphatic heterocycles. The molecule has 0 radical (unpaired) electrons. The third-order valence-corrected chi connectivity index (χ3v) is 2.12. The van der Waals surface area contributed by atoms with Crippen LogP contribution in [0.1, 0.15) is 19.9 Å². The predicted molar refractivity (Wildman–Crippen MR) is 51.2 cm³/mol. The van der Waals surface area contributed by atoms with E-state index in [-0.39, 0.29) is 21.1 Å². The zero-order valence-electron chi connectivity index (χ0n) is 7.82. The van der Waals surface area contributed by atoms with Crippen LogP contribution in [-0.4, -0.2) is 4.57 Å². The van der Waals surface area contributed by atoms with Crippen LogP contribution in [-0.2, 0) is 21.1 Å². The summed E-state index contributed by atoms with van der Waals surface area (Å²) in [7, 11) is 0. The van der Waals surface area contributed by atoms with Crippen LogP contribution in [0.25, 0.3) is 10.9 Å². The molecule has 0 bridgehead atoms. The standard InChI is InChI=1S/C11H12N.W/c1-9(2)12-8-7-10-5-3-4-6-11(10)12;/h3,5-9H,1-2H3;/q-1;. The maximum atomic E-state index is 3.10. The van der Waals surface area contributed by atoms with Crippen molar-refractivity contribution < 1.29 is 21.1 Å². The average Bonchev–Trinajstić information content (AvgIpc) is 2.47. The van der Waals surface area contributed by atoms with Gasteiger partial charge < -0.3 is 4.57 Å². The smallest absolute Gasteiger partial charge is 0.0160 e. The Morgan fingerprint density at radius 1 is 1.31 bits per heavy atom. The molecule has 2 heteroatoms. The van der Waals surface area contributed by atoms with Crippen LogP contribution in [0.5, 0.6) is 0 Å². The summed E-state index contributed by atoms with van der Waals surface area (Å²) in [6.45, 7) is 4.37. The van der Waals surface area contributed by atoms with E-state index in [2.05, 4.69) is 42.8 Å². The van der Waals surface area contributed by atoms with Gasteiger partial charge in [-0.05, 0) is 20.0 Å². The second kappa shape index (κ2) is 4.11. The number of hydrogen-bond acceptors (Lipinski definition) is 0. The molecule has 0 aliphatic carbocycles. The van der Waals surface area contributed by atoms with E-state index in [1.165, 1.54) is 10.9 Å². The average molecular weight is 342 g/mol. The summed E-state index contributed by atoms with van der Waals surface area (Å²) in [6.07, 6.45) is 2.13. The minimum absolute atomic E-state index is 0. The first-order chi connectivity index (χ1) is 5.79. The van der Waals surface area contributed by atoms with Crippen LogP contribution in [0.15, 0.2) is 30.5 Å². The molecule has 1 aromatic carbocycles. The zero-order valence-corrected chi connectivity index (χ0v) is 10.8. The Balaban J connectivity index is 0.000000845. The third kappa shape index (κ3) is 1.86. The first kappa shape index (κ1) is 10.5. The van der Waals surface area contributed by atoms with Crippen LogP contribution in [0.3, 0.4) is 0 Å². The number of rotatable bonds is 1. The molecule has 68 valence electrons. The normalized spacial score (nSPS) is 10.4. The largest absolute Gasteiger partial charge is 0.398 e. The molecule has 0 saturated heterocycles. The summed E-state index contributed by atoms with van der Waals surface area (Å²) in [6, 6.07) is 11.8. The van der Waals surface area contributed by atoms with Crippen molar-refractivity contribution >= 4 is 10.9 Å². The second-order valence-electron chi connectivity index (χ2n) is 3.30. The van der Waals surface area contributed by atoms with E-state index in [0.717, 1.165) is 0 Å². The summed E-state index contributed by atoms with van der Waals surface area (Å²) >= 11 is 0. The molecule has 0 saturated carbocycles. The van der Waals surface area contributed by atoms with Gasteiger partial charge in [-0.15, -0.1) is 5.39 Å². The van der Waals surface area contributed by atoms with Crippen molar-refractivity contribution in [3.8, 4) is 0 Å². The van der Waals surface area contributed by atoms with Crippen molar-refractivity contribution in [2.24, 2.45) is 0 Å². The summed E-state index contributed by atoms with van der Waals surface area (Å²) in [4.78, 5) is 0. The number of fused-ring (bicyclic) bond motifs is 1. The van der Waals surface area contributed by atoms with E-state index in [9.17, 15) is 0 Å². The SMILES string of the molecule is CC(C)n1ccc2cc[c-]cc21.[W]. The minimum Gasteiger partial charge on any atom is -0.398 e. The van der Waals surface area contributed by atoms with Crippen LogP contribution < -0.4 is 0 Å². The van der Waals surface area contributed by atoms with E-state index >= 15 is 0 Å². The number of nitrogens with zero attached hydrogens (tertiary/aromatic N) is 1. The third-order valence-electron chi connectivity index (χ3n) is 2.12. The van der Waals surface area contributed by atoms with Gasteiger partial charge in [-0.3, -0.25) is 0 Å². The number of hydrogen-bond donors (Lipinski definition) is 0. The van der Waals surface area contributed by atoms with E-state index in [0.29, 0.717) is 6.04 Å². The molecular formula is C11H12NW-. The molecule has 0 amide bonds. The molecule has 0 N–H and O–H groups in total. The summed E-state index contributed by atoms with van der Waals surface area (Å²) < 4.78 is 2.26. The summed E-state index contributed by atoms with van der Waals surface area (Å²) in [5, 5.41) is 1.29. The monoisotopic (exact) mass is 342 g/mol. The van der Waals surface area contributed by atoms with Crippen molar-refractivity contribution in [2.45, 2.75) is 19.9 Å². The Morgan fingerprint density at radius 3 is 2.77 bits per heavy atom. The van der Waals surface area contributed by atoms with Crippen molar-refractivity contribution in [3.63, 3.8) is 0 Å². The Morgan fingerprint density at radius 2 is 2.08 bits per heavy atom. The zero-order chi connectivity index (χ0) is 8.55. The van der Waals surface area contributed by atoms with Gasteiger partial charge >= 0.3 is 0 Å². The van der Waals surface area contributed by atoms with E-state index in [1.807, 2.05) is 12.1 Å². The Hall–Kier alpha value is -0.552. The second-order valence-corrected chi connectivity index (χ2v) is 3.30. The van der Waals surface area contributed by atoms with Gasteiger partial charge in [0, 0.05) is 27.1 Å². The fraction of sp³-hybridized carbons (Fsp3) is 0.273. The fourth-order valence-electron chi connectivity index (χ4n) is 1.49. The van der Waals surface area contributed by atoms with Crippen molar-refractivity contribution in [1.29, 1.82) is 0 Å². The fourth-order valence-corrected chi connectivity index (χ4v) is 1.49. The summed E-state index contributed by atoms with van der Waals surface area (Å²) in [5.74, 6) is 0. The Labute approximate surface area is 93.0 Å². The van der Waals surface area contributed by atoms with Crippen molar-refractivity contribution in [3.05, 3.63) is 36.5 Å². The molecule has 0 atom stereocenters. The van der Waals surface area contributed by atoms with E-state index in [4.69, 9.17) is 0 Å². The Kier molecular flexibility index (Phi) is 3.32. The van der Waals surface area contributed by atoms with Gasteiger partial charge in [-0.1, -0.05) is 11.6 Å². The first-order valence-corrected chi connectivity index (χ1v) is 4.25. The van der Waals surface area contributed by atoms with Gasteiger partial charge in [0.2, 0.25) is 0 Å². The maximum absolute atomic E-state index is 3.10. The van der Waals surface area contributed by atoms with Crippen molar-refractivity contribution in [2.75, 3.05) is 0 Å². The molecule has 13 heavy (non-hydrogen) atoms. The molecule has 0 unspecified atom stereocenters. The minimum atomic E-state index is 0. The number of benzene rings is 1. The quantitative estimate of drug-likeness (QED) is 0.703. The van der Waals surface area contributed by atoms with Gasteiger partial charge in [-0.2, -0.15) is 24.3 Å². The van der Waals surface area contributed by atoms with Crippen LogP contribution in [0, 0.1) is 6.07 Å². The molecule has 2 rings (SSSR count). The molecule has 1 heterocycles. The molecule has 0 spiro atoms. The van der Waals surface area contributed by atoms with Crippen LogP contribution >= 0.6 is 0 Å².